The lowest BCUT2D eigenvalue weighted by Gasteiger charge is -2.47. The number of para-hydroxylation sites is 2. The lowest BCUT2D eigenvalue weighted by molar-refractivity contribution is 0.331. The Bertz CT molecular complexity index is 861. The molecule has 0 saturated carbocycles. The highest BCUT2D eigenvalue weighted by molar-refractivity contribution is 5.51. The summed E-state index contributed by atoms with van der Waals surface area (Å²) in [5.41, 5.74) is 4.07. The molecular formula is C27H32N2. The lowest BCUT2D eigenvalue weighted by Crippen LogP contribution is -2.52. The first-order valence-electron chi connectivity index (χ1n) is 10.9. The molecule has 2 nitrogen and oxygen atoms in total. The van der Waals surface area contributed by atoms with E-state index in [0.29, 0.717) is 18.0 Å². The first kappa shape index (κ1) is 19.6. The van der Waals surface area contributed by atoms with E-state index < -0.39 is 0 Å². The van der Waals surface area contributed by atoms with E-state index in [1.54, 1.807) is 0 Å². The van der Waals surface area contributed by atoms with Gasteiger partial charge >= 0.3 is 0 Å². The van der Waals surface area contributed by atoms with Crippen molar-refractivity contribution >= 4 is 11.4 Å². The third kappa shape index (κ3) is 4.64. The minimum absolute atomic E-state index is 0.546. The predicted molar refractivity (Wildman–Crippen MR) is 125 cm³/mol. The summed E-state index contributed by atoms with van der Waals surface area (Å²) in [5, 5.41) is 0. The molecule has 0 unspecified atom stereocenters. The number of rotatable bonds is 6. The van der Waals surface area contributed by atoms with E-state index >= 15 is 0 Å². The van der Waals surface area contributed by atoms with Gasteiger partial charge in [-0.1, -0.05) is 80.6 Å². The number of benzene rings is 3. The normalized spacial score (nSPS) is 19.3. The van der Waals surface area contributed by atoms with Crippen molar-refractivity contribution in [3.8, 4) is 0 Å². The van der Waals surface area contributed by atoms with E-state index in [1.165, 1.54) is 29.8 Å². The highest BCUT2D eigenvalue weighted by atomic mass is 15.2. The van der Waals surface area contributed by atoms with E-state index in [-0.39, 0.29) is 0 Å². The predicted octanol–water partition coefficient (Wildman–Crippen LogP) is 6.39. The van der Waals surface area contributed by atoms with Crippen LogP contribution in [-0.4, -0.2) is 18.6 Å². The Morgan fingerprint density at radius 1 is 0.828 bits per heavy atom. The third-order valence-electron chi connectivity index (χ3n) is 6.20. The Balaban J connectivity index is 1.60. The molecule has 0 spiro atoms. The molecule has 0 radical (unpaired) electrons. The molecule has 1 aliphatic heterocycles. The Labute approximate surface area is 175 Å². The quantitative estimate of drug-likeness (QED) is 0.486. The molecule has 1 saturated heterocycles. The first-order valence-corrected chi connectivity index (χ1v) is 10.9. The van der Waals surface area contributed by atoms with Crippen LogP contribution in [0.3, 0.4) is 0 Å². The van der Waals surface area contributed by atoms with Crippen LogP contribution < -0.4 is 9.80 Å². The summed E-state index contributed by atoms with van der Waals surface area (Å²) < 4.78 is 0. The van der Waals surface area contributed by atoms with Crippen LogP contribution in [0, 0.1) is 5.92 Å². The average molecular weight is 385 g/mol. The third-order valence-corrected chi connectivity index (χ3v) is 6.20. The second-order valence-corrected chi connectivity index (χ2v) is 8.47. The fraction of sp³-hybridized carbons (Fsp3) is 0.333. The van der Waals surface area contributed by atoms with E-state index in [9.17, 15) is 0 Å². The molecule has 0 aromatic heterocycles. The van der Waals surface area contributed by atoms with Crippen molar-refractivity contribution in [1.82, 2.24) is 0 Å². The van der Waals surface area contributed by atoms with Crippen LogP contribution in [0.15, 0.2) is 91.0 Å². The van der Waals surface area contributed by atoms with Crippen molar-refractivity contribution in [3.05, 3.63) is 96.6 Å². The van der Waals surface area contributed by atoms with Crippen LogP contribution in [0.1, 0.15) is 32.3 Å². The van der Waals surface area contributed by atoms with Crippen molar-refractivity contribution in [2.45, 2.75) is 45.3 Å². The van der Waals surface area contributed by atoms with Crippen molar-refractivity contribution in [3.63, 3.8) is 0 Å². The van der Waals surface area contributed by atoms with Gasteiger partial charge < -0.3 is 9.80 Å². The first-order chi connectivity index (χ1) is 14.2. The fourth-order valence-electron chi connectivity index (χ4n) is 4.66. The molecule has 0 amide bonds. The summed E-state index contributed by atoms with van der Waals surface area (Å²) in [6, 6.07) is 33.9. The van der Waals surface area contributed by atoms with Crippen molar-refractivity contribution in [2.24, 2.45) is 5.92 Å². The van der Waals surface area contributed by atoms with E-state index in [2.05, 4.69) is 115 Å². The van der Waals surface area contributed by atoms with E-state index in [1.807, 2.05) is 0 Å². The van der Waals surface area contributed by atoms with Gasteiger partial charge in [-0.05, 0) is 48.6 Å². The van der Waals surface area contributed by atoms with Crippen LogP contribution in [0.25, 0.3) is 0 Å². The summed E-state index contributed by atoms with van der Waals surface area (Å²) in [6.07, 6.45) is 2.37. The zero-order valence-electron chi connectivity index (χ0n) is 17.6. The van der Waals surface area contributed by atoms with Gasteiger partial charge in [-0.15, -0.1) is 0 Å². The summed E-state index contributed by atoms with van der Waals surface area (Å²) in [4.78, 5) is 5.26. The second kappa shape index (κ2) is 9.17. The van der Waals surface area contributed by atoms with E-state index in [4.69, 9.17) is 0 Å². The standard InChI is InChI=1S/C27H32N2/c1-22(2)27-20-26(18-19-28(27)24-14-8-4-9-15-24)29(25-16-10-5-11-17-25)21-23-12-6-3-7-13-23/h3-17,22,26-27H,18-21H2,1-2H3/t26-,27-/m1/s1. The summed E-state index contributed by atoms with van der Waals surface area (Å²) >= 11 is 0. The molecule has 150 valence electrons. The van der Waals surface area contributed by atoms with Gasteiger partial charge in [0.15, 0.2) is 0 Å². The fourth-order valence-corrected chi connectivity index (χ4v) is 4.66. The Morgan fingerprint density at radius 2 is 1.41 bits per heavy atom. The van der Waals surface area contributed by atoms with Crippen LogP contribution in [0.5, 0.6) is 0 Å². The van der Waals surface area contributed by atoms with Crippen LogP contribution in [0.2, 0.25) is 0 Å². The van der Waals surface area contributed by atoms with Crippen molar-refractivity contribution in [1.29, 1.82) is 0 Å². The maximum Gasteiger partial charge on any atom is 0.0432 e. The maximum absolute atomic E-state index is 2.63. The zero-order valence-corrected chi connectivity index (χ0v) is 17.6. The maximum atomic E-state index is 2.63. The van der Waals surface area contributed by atoms with Gasteiger partial charge in [0.1, 0.15) is 0 Å². The van der Waals surface area contributed by atoms with E-state index in [0.717, 1.165) is 13.1 Å². The summed E-state index contributed by atoms with van der Waals surface area (Å²) in [5.74, 6) is 0.618. The lowest BCUT2D eigenvalue weighted by atomic mass is 9.87. The Hall–Kier alpha value is -2.74. The SMILES string of the molecule is CC(C)[C@H]1C[C@H](N(Cc2ccccc2)c2ccccc2)CCN1c1ccccc1. The minimum atomic E-state index is 0.546. The van der Waals surface area contributed by atoms with Gasteiger partial charge in [-0.2, -0.15) is 0 Å². The Kier molecular flexibility index (Phi) is 6.19. The van der Waals surface area contributed by atoms with Crippen molar-refractivity contribution < 1.29 is 0 Å². The number of piperidine rings is 1. The molecule has 2 atom stereocenters. The number of nitrogens with zero attached hydrogens (tertiary/aromatic N) is 2. The monoisotopic (exact) mass is 384 g/mol. The molecule has 2 heteroatoms. The average Bonchev–Trinajstić information content (AvgIpc) is 2.79. The van der Waals surface area contributed by atoms with Gasteiger partial charge in [-0.3, -0.25) is 0 Å². The molecule has 0 bridgehead atoms. The number of hydrogen-bond donors (Lipinski definition) is 0. The second-order valence-electron chi connectivity index (χ2n) is 8.47. The number of hydrogen-bond acceptors (Lipinski definition) is 2. The highest BCUT2D eigenvalue weighted by Gasteiger charge is 2.33. The largest absolute Gasteiger partial charge is 0.368 e. The molecule has 4 rings (SSSR count). The van der Waals surface area contributed by atoms with Crippen LogP contribution >= 0.6 is 0 Å². The topological polar surface area (TPSA) is 6.48 Å². The van der Waals surface area contributed by atoms with Gasteiger partial charge in [0.05, 0.1) is 0 Å². The molecule has 3 aromatic carbocycles. The van der Waals surface area contributed by atoms with Gasteiger partial charge in [0, 0.05) is 36.5 Å². The zero-order chi connectivity index (χ0) is 20.1. The van der Waals surface area contributed by atoms with Gasteiger partial charge in [-0.25, -0.2) is 0 Å². The molecule has 29 heavy (non-hydrogen) atoms. The molecule has 3 aromatic rings. The van der Waals surface area contributed by atoms with Crippen LogP contribution in [-0.2, 0) is 6.54 Å². The van der Waals surface area contributed by atoms with Crippen molar-refractivity contribution in [2.75, 3.05) is 16.3 Å². The van der Waals surface area contributed by atoms with Gasteiger partial charge in [0.25, 0.3) is 0 Å². The minimum Gasteiger partial charge on any atom is -0.368 e. The molecule has 0 N–H and O–H groups in total. The molecule has 1 heterocycles. The van der Waals surface area contributed by atoms with Gasteiger partial charge in [0.2, 0.25) is 0 Å². The Morgan fingerprint density at radius 3 is 2.03 bits per heavy atom. The molecule has 1 aliphatic rings. The van der Waals surface area contributed by atoms with Crippen LogP contribution in [0.4, 0.5) is 11.4 Å². The molecule has 1 fully saturated rings. The number of anilines is 2. The summed E-state index contributed by atoms with van der Waals surface area (Å²) in [6.45, 7) is 6.81. The molecule has 0 aliphatic carbocycles. The summed E-state index contributed by atoms with van der Waals surface area (Å²) in [7, 11) is 0. The smallest absolute Gasteiger partial charge is 0.0432 e. The highest BCUT2D eigenvalue weighted by Crippen LogP contribution is 2.33. The molecular weight excluding hydrogens is 352 g/mol.